The minimum absolute atomic E-state index is 0.00801. The zero-order chi connectivity index (χ0) is 16.6. The summed E-state index contributed by atoms with van der Waals surface area (Å²) in [6, 6.07) is 5.71. The second-order valence-corrected chi connectivity index (χ2v) is 6.32. The van der Waals surface area contributed by atoms with E-state index in [1.165, 1.54) is 5.57 Å². The van der Waals surface area contributed by atoms with Crippen LogP contribution in [0.5, 0.6) is 5.75 Å². The van der Waals surface area contributed by atoms with Crippen molar-refractivity contribution in [3.8, 4) is 5.75 Å². The fourth-order valence-electron chi connectivity index (χ4n) is 2.92. The van der Waals surface area contributed by atoms with Crippen LogP contribution in [-0.2, 0) is 13.5 Å². The maximum atomic E-state index is 12.6. The molecule has 0 fully saturated rings. The molecule has 0 saturated heterocycles. The van der Waals surface area contributed by atoms with Crippen LogP contribution in [0.2, 0.25) is 0 Å². The zero-order valence-electron chi connectivity index (χ0n) is 14.1. The number of nitrogens with zero attached hydrogens (tertiary/aromatic N) is 2. The lowest BCUT2D eigenvalue weighted by molar-refractivity contribution is 0.103. The van der Waals surface area contributed by atoms with Crippen LogP contribution < -0.4 is 4.74 Å². The van der Waals surface area contributed by atoms with Crippen LogP contribution in [0.15, 0.2) is 42.1 Å². The van der Waals surface area contributed by atoms with E-state index in [2.05, 4.69) is 18.8 Å². The van der Waals surface area contributed by atoms with Gasteiger partial charge in [-0.05, 0) is 61.9 Å². The van der Waals surface area contributed by atoms with E-state index in [1.54, 1.807) is 17.1 Å². The number of allylic oxidation sites excluding steroid dienone is 2. The van der Waals surface area contributed by atoms with E-state index in [9.17, 15) is 4.79 Å². The summed E-state index contributed by atoms with van der Waals surface area (Å²) in [6.45, 7) is 6.36. The van der Waals surface area contributed by atoms with Crippen LogP contribution in [0.25, 0.3) is 0 Å². The molecule has 0 amide bonds. The van der Waals surface area contributed by atoms with Crippen molar-refractivity contribution in [3.05, 3.63) is 58.9 Å². The second kappa shape index (κ2) is 6.03. The molecule has 4 heteroatoms. The van der Waals surface area contributed by atoms with E-state index < -0.39 is 0 Å². The molecule has 1 atom stereocenters. The summed E-state index contributed by atoms with van der Waals surface area (Å²) >= 11 is 0. The lowest BCUT2D eigenvalue weighted by Gasteiger charge is -2.22. The van der Waals surface area contributed by atoms with Crippen LogP contribution in [0.1, 0.15) is 48.8 Å². The summed E-state index contributed by atoms with van der Waals surface area (Å²) in [4.78, 5) is 16.7. The van der Waals surface area contributed by atoms with E-state index in [0.717, 1.165) is 29.9 Å². The molecule has 3 rings (SSSR count). The normalized spacial score (nSPS) is 18.0. The number of ketones is 1. The highest BCUT2D eigenvalue weighted by molar-refractivity contribution is 6.08. The first-order valence-electron chi connectivity index (χ1n) is 7.96. The van der Waals surface area contributed by atoms with Gasteiger partial charge in [0.1, 0.15) is 17.2 Å². The highest BCUT2D eigenvalue weighted by Crippen LogP contribution is 2.31. The average molecular weight is 310 g/mol. The Morgan fingerprint density at radius 1 is 1.35 bits per heavy atom. The fraction of sp³-hybridized carbons (Fsp3) is 0.368. The zero-order valence-corrected chi connectivity index (χ0v) is 14.1. The molecular weight excluding hydrogens is 288 g/mol. The van der Waals surface area contributed by atoms with Gasteiger partial charge in [-0.2, -0.15) is 0 Å². The van der Waals surface area contributed by atoms with Gasteiger partial charge in [-0.1, -0.05) is 6.92 Å². The van der Waals surface area contributed by atoms with Gasteiger partial charge in [0.25, 0.3) is 0 Å². The molecule has 1 aromatic carbocycles. The highest BCUT2D eigenvalue weighted by atomic mass is 16.5. The van der Waals surface area contributed by atoms with Crippen LogP contribution in [0.4, 0.5) is 0 Å². The fourth-order valence-corrected chi connectivity index (χ4v) is 2.92. The van der Waals surface area contributed by atoms with E-state index in [-0.39, 0.29) is 5.78 Å². The van der Waals surface area contributed by atoms with Gasteiger partial charge in [-0.3, -0.25) is 4.79 Å². The number of ether oxygens (including phenoxy) is 1. The summed E-state index contributed by atoms with van der Waals surface area (Å²) in [5.41, 5.74) is 3.67. The summed E-state index contributed by atoms with van der Waals surface area (Å²) in [5, 5.41) is 0. The van der Waals surface area contributed by atoms with Crippen molar-refractivity contribution in [1.29, 1.82) is 0 Å². The van der Waals surface area contributed by atoms with E-state index >= 15 is 0 Å². The van der Waals surface area contributed by atoms with E-state index in [0.29, 0.717) is 17.2 Å². The van der Waals surface area contributed by atoms with Crippen LogP contribution >= 0.6 is 0 Å². The molecule has 0 saturated carbocycles. The molecule has 1 aliphatic rings. The molecular formula is C19H22N2O2. The third-order valence-electron chi connectivity index (χ3n) is 4.78. The monoisotopic (exact) mass is 310 g/mol. The number of carbonyl (C=O) groups is 1. The van der Waals surface area contributed by atoms with Gasteiger partial charge in [0.05, 0.1) is 12.5 Å². The van der Waals surface area contributed by atoms with Crippen LogP contribution in [-0.4, -0.2) is 15.3 Å². The predicted octanol–water partition coefficient (Wildman–Crippen LogP) is 3.91. The average Bonchev–Trinajstić information content (AvgIpc) is 2.97. The summed E-state index contributed by atoms with van der Waals surface area (Å²) in [5.74, 6) is 2.30. The Labute approximate surface area is 136 Å². The van der Waals surface area contributed by atoms with Gasteiger partial charge in [0, 0.05) is 12.6 Å². The Kier molecular flexibility index (Phi) is 4.07. The summed E-state index contributed by atoms with van der Waals surface area (Å²) in [7, 11) is 1.83. The minimum Gasteiger partial charge on any atom is -0.462 e. The third-order valence-corrected chi connectivity index (χ3v) is 4.78. The van der Waals surface area contributed by atoms with Crippen molar-refractivity contribution < 1.29 is 9.53 Å². The first-order chi connectivity index (χ1) is 11.0. The molecule has 0 bridgehead atoms. The number of carbonyl (C=O) groups excluding carboxylic acids is 1. The van der Waals surface area contributed by atoms with Gasteiger partial charge >= 0.3 is 0 Å². The number of fused-ring (bicyclic) bond motifs is 1. The quantitative estimate of drug-likeness (QED) is 0.790. The van der Waals surface area contributed by atoms with Gasteiger partial charge in [0.15, 0.2) is 0 Å². The smallest absolute Gasteiger partial charge is 0.211 e. The standard InChI is InChI=1S/C19H22N2O2/c1-12-5-6-15-9-16(19(22)17-10-20-11-21(17)4)7-8-18(15)23-14(3)13(12)2/h7-12H,5-6H2,1-4H3. The van der Waals surface area contributed by atoms with Crippen molar-refractivity contribution in [2.75, 3.05) is 0 Å². The number of rotatable bonds is 2. The molecule has 0 N–H and O–H groups in total. The van der Waals surface area contributed by atoms with Gasteiger partial charge in [-0.15, -0.1) is 0 Å². The van der Waals surface area contributed by atoms with Crippen molar-refractivity contribution in [1.82, 2.24) is 9.55 Å². The number of aryl methyl sites for hydroxylation is 2. The minimum atomic E-state index is -0.00801. The predicted molar refractivity (Wildman–Crippen MR) is 89.6 cm³/mol. The Hall–Kier alpha value is -2.36. The van der Waals surface area contributed by atoms with Gasteiger partial charge in [-0.25, -0.2) is 4.98 Å². The Morgan fingerprint density at radius 3 is 2.83 bits per heavy atom. The van der Waals surface area contributed by atoms with Crippen molar-refractivity contribution in [2.24, 2.45) is 13.0 Å². The summed E-state index contributed by atoms with van der Waals surface area (Å²) in [6.07, 6.45) is 5.22. The molecule has 1 aliphatic heterocycles. The number of imidazole rings is 1. The molecule has 1 unspecified atom stereocenters. The van der Waals surface area contributed by atoms with Crippen molar-refractivity contribution >= 4 is 5.78 Å². The largest absolute Gasteiger partial charge is 0.462 e. The molecule has 0 aliphatic carbocycles. The van der Waals surface area contributed by atoms with Gasteiger partial charge < -0.3 is 9.30 Å². The molecule has 2 aromatic rings. The number of aromatic nitrogens is 2. The molecule has 120 valence electrons. The third kappa shape index (κ3) is 2.93. The van der Waals surface area contributed by atoms with Crippen molar-refractivity contribution in [2.45, 2.75) is 33.6 Å². The molecule has 23 heavy (non-hydrogen) atoms. The SMILES string of the molecule is CC1=C(C)C(C)CCc2cc(C(=O)c3cncn3C)ccc2O1. The van der Waals surface area contributed by atoms with Crippen LogP contribution in [0.3, 0.4) is 0 Å². The molecule has 1 aromatic heterocycles. The van der Waals surface area contributed by atoms with Gasteiger partial charge in [0.2, 0.25) is 5.78 Å². The second-order valence-electron chi connectivity index (χ2n) is 6.32. The number of hydrogen-bond acceptors (Lipinski definition) is 3. The van der Waals surface area contributed by atoms with E-state index in [4.69, 9.17) is 4.74 Å². The lowest BCUT2D eigenvalue weighted by Crippen LogP contribution is -2.11. The first-order valence-corrected chi connectivity index (χ1v) is 7.96. The maximum absolute atomic E-state index is 12.6. The summed E-state index contributed by atoms with van der Waals surface area (Å²) < 4.78 is 7.76. The topological polar surface area (TPSA) is 44.1 Å². The number of hydrogen-bond donors (Lipinski definition) is 0. The lowest BCUT2D eigenvalue weighted by atomic mass is 9.91. The molecule has 4 nitrogen and oxygen atoms in total. The number of benzene rings is 1. The maximum Gasteiger partial charge on any atom is 0.211 e. The first kappa shape index (κ1) is 15.5. The van der Waals surface area contributed by atoms with E-state index in [1.807, 2.05) is 32.2 Å². The Balaban J connectivity index is 1.97. The Bertz CT molecular complexity index is 786. The van der Waals surface area contributed by atoms with Crippen LogP contribution in [0, 0.1) is 5.92 Å². The molecule has 2 heterocycles. The molecule has 0 radical (unpaired) electrons. The molecule has 0 spiro atoms. The highest BCUT2D eigenvalue weighted by Gasteiger charge is 2.19. The Morgan fingerprint density at radius 2 is 2.13 bits per heavy atom. The van der Waals surface area contributed by atoms with Crippen molar-refractivity contribution in [3.63, 3.8) is 0 Å².